The topological polar surface area (TPSA) is 93.2 Å². The summed E-state index contributed by atoms with van der Waals surface area (Å²) in [5, 5.41) is 12.4. The Morgan fingerprint density at radius 3 is 2.67 bits per heavy atom. The summed E-state index contributed by atoms with van der Waals surface area (Å²) in [6.45, 7) is 1.29. The standard InChI is InChI=1S/C11H18FN5O2S.ClH/c12-11-10(7-15-16(11)8-3-4-8)17(20(13,18)19)9-2-1-5-14-6-9;/h7-9,14H,1-6H2,(H2,13,18,19);1H. The van der Waals surface area contributed by atoms with Crippen molar-refractivity contribution in [1.82, 2.24) is 15.1 Å². The number of nitrogens with one attached hydrogen (secondary N) is 1. The van der Waals surface area contributed by atoms with Crippen molar-refractivity contribution in [2.75, 3.05) is 17.4 Å². The van der Waals surface area contributed by atoms with Crippen LogP contribution in [0.2, 0.25) is 0 Å². The summed E-state index contributed by atoms with van der Waals surface area (Å²) in [4.78, 5) is 0. The van der Waals surface area contributed by atoms with Gasteiger partial charge in [0.2, 0.25) is 5.95 Å². The predicted molar refractivity (Wildman–Crippen MR) is 79.2 cm³/mol. The maximum Gasteiger partial charge on any atom is 0.299 e. The van der Waals surface area contributed by atoms with Crippen LogP contribution in [0.5, 0.6) is 0 Å². The minimum atomic E-state index is -4.03. The van der Waals surface area contributed by atoms with E-state index < -0.39 is 16.2 Å². The zero-order valence-corrected chi connectivity index (χ0v) is 13.0. The number of anilines is 1. The molecule has 0 aromatic carbocycles. The van der Waals surface area contributed by atoms with Crippen LogP contribution in [-0.4, -0.2) is 37.3 Å². The van der Waals surface area contributed by atoms with Crippen molar-refractivity contribution in [2.45, 2.75) is 37.8 Å². The van der Waals surface area contributed by atoms with Crippen LogP contribution in [-0.2, 0) is 10.2 Å². The Labute approximate surface area is 129 Å². The fraction of sp³-hybridized carbons (Fsp3) is 0.727. The number of rotatable bonds is 4. The van der Waals surface area contributed by atoms with E-state index >= 15 is 0 Å². The zero-order chi connectivity index (χ0) is 14.3. The summed E-state index contributed by atoms with van der Waals surface area (Å²) in [5.74, 6) is -0.618. The van der Waals surface area contributed by atoms with Crippen molar-refractivity contribution in [3.63, 3.8) is 0 Å². The Balaban J connectivity index is 0.00000161. The minimum Gasteiger partial charge on any atom is -0.315 e. The van der Waals surface area contributed by atoms with Gasteiger partial charge in [-0.3, -0.25) is 0 Å². The molecular weight excluding hydrogens is 321 g/mol. The SMILES string of the molecule is Cl.NS(=O)(=O)N(c1cnn(C2CC2)c1F)C1CCCNC1. The molecular formula is C11H19ClFN5O2S. The Bertz CT molecular complexity index is 598. The molecule has 1 aliphatic heterocycles. The first-order chi connectivity index (χ1) is 9.48. The molecule has 3 rings (SSSR count). The van der Waals surface area contributed by atoms with Gasteiger partial charge in [-0.1, -0.05) is 0 Å². The van der Waals surface area contributed by atoms with Crippen LogP contribution in [0.3, 0.4) is 0 Å². The highest BCUT2D eigenvalue weighted by Crippen LogP contribution is 2.37. The molecule has 1 atom stereocenters. The molecule has 1 aromatic heterocycles. The Morgan fingerprint density at radius 1 is 1.43 bits per heavy atom. The number of nitrogens with two attached hydrogens (primary N) is 1. The predicted octanol–water partition coefficient (Wildman–Crippen LogP) is 0.541. The van der Waals surface area contributed by atoms with Gasteiger partial charge in [0, 0.05) is 6.54 Å². The van der Waals surface area contributed by atoms with E-state index in [1.807, 2.05) is 0 Å². The fourth-order valence-corrected chi connectivity index (χ4v) is 3.63. The van der Waals surface area contributed by atoms with Gasteiger partial charge in [-0.15, -0.1) is 12.4 Å². The number of nitrogens with zero attached hydrogens (tertiary/aromatic N) is 3. The second kappa shape index (κ2) is 6.07. The average Bonchev–Trinajstić information content (AvgIpc) is 3.16. The summed E-state index contributed by atoms with van der Waals surface area (Å²) in [6.07, 6.45) is 4.48. The third-order valence-corrected chi connectivity index (χ3v) is 4.77. The van der Waals surface area contributed by atoms with E-state index in [0.717, 1.165) is 30.1 Å². The average molecular weight is 340 g/mol. The highest BCUT2D eigenvalue weighted by molar-refractivity contribution is 7.90. The number of halogens is 2. The molecule has 0 amide bonds. The molecule has 3 N–H and O–H groups in total. The van der Waals surface area contributed by atoms with E-state index in [4.69, 9.17) is 5.14 Å². The largest absolute Gasteiger partial charge is 0.315 e. The highest BCUT2D eigenvalue weighted by Gasteiger charge is 2.35. The van der Waals surface area contributed by atoms with Crippen molar-refractivity contribution >= 4 is 28.3 Å². The molecule has 0 bridgehead atoms. The molecule has 1 aromatic rings. The molecule has 1 aliphatic carbocycles. The number of hydrogen-bond donors (Lipinski definition) is 2. The van der Waals surface area contributed by atoms with Crippen LogP contribution < -0.4 is 14.8 Å². The number of hydrogen-bond acceptors (Lipinski definition) is 4. The van der Waals surface area contributed by atoms with Crippen molar-refractivity contribution in [3.05, 3.63) is 12.1 Å². The maximum atomic E-state index is 14.4. The summed E-state index contributed by atoms with van der Waals surface area (Å²) >= 11 is 0. The first-order valence-electron chi connectivity index (χ1n) is 6.74. The van der Waals surface area contributed by atoms with Gasteiger partial charge in [0.05, 0.1) is 18.3 Å². The van der Waals surface area contributed by atoms with Gasteiger partial charge in [0.1, 0.15) is 5.69 Å². The molecule has 0 spiro atoms. The lowest BCUT2D eigenvalue weighted by atomic mass is 10.1. The van der Waals surface area contributed by atoms with Crippen LogP contribution in [0, 0.1) is 5.95 Å². The Hall–Kier alpha value is -0.900. The maximum absolute atomic E-state index is 14.4. The molecule has 2 fully saturated rings. The molecule has 1 saturated heterocycles. The lowest BCUT2D eigenvalue weighted by Crippen LogP contribution is -2.51. The molecule has 1 saturated carbocycles. The van der Waals surface area contributed by atoms with E-state index in [1.54, 1.807) is 0 Å². The molecule has 7 nitrogen and oxygen atoms in total. The number of aromatic nitrogens is 2. The van der Waals surface area contributed by atoms with Crippen LogP contribution in [0.25, 0.3) is 0 Å². The smallest absolute Gasteiger partial charge is 0.299 e. The molecule has 120 valence electrons. The minimum absolute atomic E-state index is 0. The third-order valence-electron chi connectivity index (χ3n) is 3.72. The second-order valence-electron chi connectivity index (χ2n) is 5.34. The van der Waals surface area contributed by atoms with Crippen LogP contribution >= 0.6 is 12.4 Å². The molecule has 21 heavy (non-hydrogen) atoms. The Kier molecular flexibility index (Phi) is 4.76. The molecule has 0 radical (unpaired) electrons. The molecule has 2 aliphatic rings. The lowest BCUT2D eigenvalue weighted by Gasteiger charge is -2.33. The van der Waals surface area contributed by atoms with Gasteiger partial charge in [0.25, 0.3) is 10.2 Å². The molecule has 2 heterocycles. The fourth-order valence-electron chi connectivity index (χ4n) is 2.63. The summed E-state index contributed by atoms with van der Waals surface area (Å²) in [5.41, 5.74) is -0.0481. The quantitative estimate of drug-likeness (QED) is 0.837. The van der Waals surface area contributed by atoms with Gasteiger partial charge in [-0.05, 0) is 32.2 Å². The van der Waals surface area contributed by atoms with Gasteiger partial charge >= 0.3 is 0 Å². The summed E-state index contributed by atoms with van der Waals surface area (Å²) < 4.78 is 40.3. The zero-order valence-electron chi connectivity index (χ0n) is 11.4. The second-order valence-corrected chi connectivity index (χ2v) is 6.76. The van der Waals surface area contributed by atoms with E-state index in [-0.39, 0.29) is 30.2 Å². The molecule has 10 heteroatoms. The highest BCUT2D eigenvalue weighted by atomic mass is 35.5. The van der Waals surface area contributed by atoms with Gasteiger partial charge in [-0.25, -0.2) is 14.1 Å². The lowest BCUT2D eigenvalue weighted by molar-refractivity contribution is 0.440. The van der Waals surface area contributed by atoms with Crippen molar-refractivity contribution < 1.29 is 12.8 Å². The van der Waals surface area contributed by atoms with Gasteiger partial charge < -0.3 is 5.32 Å². The van der Waals surface area contributed by atoms with E-state index in [0.29, 0.717) is 13.0 Å². The van der Waals surface area contributed by atoms with Crippen molar-refractivity contribution in [2.24, 2.45) is 5.14 Å². The summed E-state index contributed by atoms with van der Waals surface area (Å²) in [6, 6.07) is -0.319. The van der Waals surface area contributed by atoms with E-state index in [9.17, 15) is 12.8 Å². The van der Waals surface area contributed by atoms with Crippen molar-refractivity contribution in [1.29, 1.82) is 0 Å². The van der Waals surface area contributed by atoms with E-state index in [1.165, 1.54) is 10.9 Å². The van der Waals surface area contributed by atoms with E-state index in [2.05, 4.69) is 10.4 Å². The third kappa shape index (κ3) is 3.31. The van der Waals surface area contributed by atoms with Crippen LogP contribution in [0.1, 0.15) is 31.7 Å². The van der Waals surface area contributed by atoms with Crippen LogP contribution in [0.4, 0.5) is 10.1 Å². The van der Waals surface area contributed by atoms with Gasteiger partial charge in [0.15, 0.2) is 0 Å². The Morgan fingerprint density at radius 2 is 2.14 bits per heavy atom. The monoisotopic (exact) mass is 339 g/mol. The van der Waals surface area contributed by atoms with Crippen LogP contribution in [0.15, 0.2) is 6.20 Å². The first kappa shape index (κ1) is 16.5. The first-order valence-corrected chi connectivity index (χ1v) is 8.24. The normalized spacial score (nSPS) is 22.7. The van der Waals surface area contributed by atoms with Gasteiger partial charge in [-0.2, -0.15) is 17.9 Å². The summed E-state index contributed by atoms with van der Waals surface area (Å²) in [7, 11) is -4.03. The number of piperidine rings is 1. The van der Waals surface area contributed by atoms with Crippen molar-refractivity contribution in [3.8, 4) is 0 Å². The molecule has 1 unspecified atom stereocenters.